The Morgan fingerprint density at radius 1 is 1.26 bits per heavy atom. The van der Waals surface area contributed by atoms with E-state index in [0.29, 0.717) is 16.5 Å². The molecule has 3 N–H and O–H groups in total. The molecule has 3 heterocycles. The summed E-state index contributed by atoms with van der Waals surface area (Å²) in [6, 6.07) is 7.11. The summed E-state index contributed by atoms with van der Waals surface area (Å²) in [5.41, 5.74) is 8.44. The fourth-order valence-corrected chi connectivity index (χ4v) is 5.07. The second kappa shape index (κ2) is 6.92. The highest BCUT2D eigenvalue weighted by Crippen LogP contribution is 2.66. The molecule has 0 bridgehead atoms. The quantitative estimate of drug-likeness (QED) is 0.603. The first-order valence-corrected chi connectivity index (χ1v) is 10.4. The zero-order valence-electron chi connectivity index (χ0n) is 17.1. The molecule has 6 nitrogen and oxygen atoms in total. The normalized spacial score (nSPS) is 21.0. The van der Waals surface area contributed by atoms with Crippen LogP contribution in [0.3, 0.4) is 0 Å². The standard InChI is InChI=1S/C23H21ClFN5O/c1-30(2)22(31)17-16(26)4-3-13(20(17)25)14-10-28-21-18(19(14)24)23(11-29-21)9-15(23)12-5-7-27-8-6-12/h3-8,10,15H,9,11,26H2,1-2H3,(H,28,29)/t15-,23+/m1/s1. The van der Waals surface area contributed by atoms with Crippen molar-refractivity contribution in [3.8, 4) is 11.1 Å². The SMILES string of the molecule is CN(C)C(=O)c1c(N)ccc(-c2cnc3c(c2Cl)[C@]2(CN3)C[C@@H]2c2ccncc2)c1F. The molecule has 2 aromatic heterocycles. The van der Waals surface area contributed by atoms with E-state index in [1.165, 1.54) is 16.5 Å². The third-order valence-electron chi connectivity index (χ3n) is 6.35. The van der Waals surface area contributed by atoms with Gasteiger partial charge in [-0.15, -0.1) is 0 Å². The molecule has 31 heavy (non-hydrogen) atoms. The van der Waals surface area contributed by atoms with Gasteiger partial charge in [-0.1, -0.05) is 11.6 Å². The van der Waals surface area contributed by atoms with E-state index in [1.807, 2.05) is 12.1 Å². The van der Waals surface area contributed by atoms with Gasteiger partial charge in [0.2, 0.25) is 0 Å². The molecule has 0 unspecified atom stereocenters. The number of carbonyl (C=O) groups is 1. The number of aromatic nitrogens is 2. The molecule has 1 aliphatic heterocycles. The first-order chi connectivity index (χ1) is 14.8. The van der Waals surface area contributed by atoms with E-state index in [4.69, 9.17) is 17.3 Å². The number of hydrogen-bond donors (Lipinski definition) is 2. The maximum atomic E-state index is 15.5. The van der Waals surface area contributed by atoms with Crippen molar-refractivity contribution in [3.63, 3.8) is 0 Å². The smallest absolute Gasteiger partial charge is 0.258 e. The maximum Gasteiger partial charge on any atom is 0.258 e. The highest BCUT2D eigenvalue weighted by atomic mass is 35.5. The highest BCUT2D eigenvalue weighted by Gasteiger charge is 2.60. The Morgan fingerprint density at radius 3 is 2.71 bits per heavy atom. The second-order valence-corrected chi connectivity index (χ2v) is 8.73. The van der Waals surface area contributed by atoms with Crippen molar-refractivity contribution in [1.29, 1.82) is 0 Å². The van der Waals surface area contributed by atoms with Gasteiger partial charge in [0.25, 0.3) is 5.91 Å². The molecule has 1 spiro atoms. The van der Waals surface area contributed by atoms with Gasteiger partial charge in [-0.05, 0) is 42.2 Å². The van der Waals surface area contributed by atoms with Crippen molar-refractivity contribution in [2.75, 3.05) is 31.7 Å². The summed E-state index contributed by atoms with van der Waals surface area (Å²) in [4.78, 5) is 22.4. The predicted octanol–water partition coefficient (Wildman–Crippen LogP) is 4.07. The number of nitrogens with one attached hydrogen (secondary N) is 1. The summed E-state index contributed by atoms with van der Waals surface area (Å²) in [6.07, 6.45) is 6.05. The zero-order chi connectivity index (χ0) is 21.9. The van der Waals surface area contributed by atoms with Crippen molar-refractivity contribution in [3.05, 3.63) is 70.4 Å². The Hall–Kier alpha value is -3.19. The molecule has 158 valence electrons. The Morgan fingerprint density at radius 2 is 2.00 bits per heavy atom. The minimum atomic E-state index is -0.691. The molecule has 1 saturated carbocycles. The third-order valence-corrected chi connectivity index (χ3v) is 6.75. The highest BCUT2D eigenvalue weighted by molar-refractivity contribution is 6.34. The third kappa shape index (κ3) is 2.87. The topological polar surface area (TPSA) is 84.1 Å². The number of amides is 1. The molecular weight excluding hydrogens is 417 g/mol. The molecule has 1 fully saturated rings. The lowest BCUT2D eigenvalue weighted by Crippen LogP contribution is -2.24. The minimum Gasteiger partial charge on any atom is -0.398 e. The average molecular weight is 438 g/mol. The molecule has 8 heteroatoms. The van der Waals surface area contributed by atoms with Crippen LogP contribution in [0.25, 0.3) is 11.1 Å². The molecule has 0 radical (unpaired) electrons. The maximum absolute atomic E-state index is 15.5. The summed E-state index contributed by atoms with van der Waals surface area (Å²) in [5.74, 6) is -0.171. The van der Waals surface area contributed by atoms with Crippen LogP contribution in [0.4, 0.5) is 15.9 Å². The van der Waals surface area contributed by atoms with Crippen LogP contribution in [0.15, 0.2) is 42.9 Å². The van der Waals surface area contributed by atoms with Gasteiger partial charge in [-0.25, -0.2) is 9.37 Å². The van der Waals surface area contributed by atoms with Crippen LogP contribution in [0.1, 0.15) is 33.8 Å². The molecule has 1 amide bonds. The Bertz CT molecular complexity index is 1220. The van der Waals surface area contributed by atoms with Crippen LogP contribution < -0.4 is 11.1 Å². The lowest BCUT2D eigenvalue weighted by Gasteiger charge is -2.17. The van der Waals surface area contributed by atoms with Crippen LogP contribution in [0.2, 0.25) is 5.02 Å². The Kier molecular flexibility index (Phi) is 4.41. The lowest BCUT2D eigenvalue weighted by atomic mass is 9.91. The van der Waals surface area contributed by atoms with Gasteiger partial charge >= 0.3 is 0 Å². The average Bonchev–Trinajstić information content (AvgIpc) is 3.36. The number of hydrogen-bond acceptors (Lipinski definition) is 5. The number of nitrogens with zero attached hydrogens (tertiary/aromatic N) is 3. The largest absolute Gasteiger partial charge is 0.398 e. The van der Waals surface area contributed by atoms with Crippen LogP contribution in [0, 0.1) is 5.82 Å². The number of anilines is 2. The van der Waals surface area contributed by atoms with Crippen LogP contribution in [-0.2, 0) is 5.41 Å². The number of halogens is 2. The number of carbonyl (C=O) groups excluding carboxylic acids is 1. The van der Waals surface area contributed by atoms with Gasteiger partial charge in [0.1, 0.15) is 11.6 Å². The van der Waals surface area contributed by atoms with E-state index in [0.717, 1.165) is 24.3 Å². The summed E-state index contributed by atoms with van der Waals surface area (Å²) in [7, 11) is 3.11. The fraction of sp³-hybridized carbons (Fsp3) is 0.261. The van der Waals surface area contributed by atoms with E-state index in [-0.39, 0.29) is 22.2 Å². The summed E-state index contributed by atoms with van der Waals surface area (Å²) in [6.45, 7) is 0.722. The molecule has 5 rings (SSSR count). The summed E-state index contributed by atoms with van der Waals surface area (Å²) in [5, 5.41) is 3.81. The Labute approximate surface area is 184 Å². The molecule has 1 aliphatic carbocycles. The molecule has 2 atom stereocenters. The van der Waals surface area contributed by atoms with Crippen LogP contribution in [0.5, 0.6) is 0 Å². The van der Waals surface area contributed by atoms with Crippen LogP contribution in [-0.4, -0.2) is 41.4 Å². The predicted molar refractivity (Wildman–Crippen MR) is 119 cm³/mol. The number of nitrogens with two attached hydrogens (primary N) is 1. The number of rotatable bonds is 3. The van der Waals surface area contributed by atoms with E-state index >= 15 is 4.39 Å². The fourth-order valence-electron chi connectivity index (χ4n) is 4.64. The van der Waals surface area contributed by atoms with E-state index in [9.17, 15) is 4.79 Å². The summed E-state index contributed by atoms with van der Waals surface area (Å²) >= 11 is 6.89. The van der Waals surface area contributed by atoms with Gasteiger partial charge in [0.15, 0.2) is 0 Å². The van der Waals surface area contributed by atoms with Gasteiger partial charge in [-0.2, -0.15) is 0 Å². The van der Waals surface area contributed by atoms with Gasteiger partial charge in [-0.3, -0.25) is 9.78 Å². The van der Waals surface area contributed by atoms with Crippen molar-refractivity contribution in [1.82, 2.24) is 14.9 Å². The number of fused-ring (bicyclic) bond motifs is 2. The lowest BCUT2D eigenvalue weighted by molar-refractivity contribution is 0.0824. The van der Waals surface area contributed by atoms with Crippen molar-refractivity contribution in [2.45, 2.75) is 17.8 Å². The second-order valence-electron chi connectivity index (χ2n) is 8.35. The molecule has 1 aromatic carbocycles. The number of benzene rings is 1. The molecular formula is C23H21ClFN5O. The van der Waals surface area contributed by atoms with Crippen molar-refractivity contribution < 1.29 is 9.18 Å². The molecule has 2 aliphatic rings. The summed E-state index contributed by atoms with van der Waals surface area (Å²) < 4.78 is 15.5. The zero-order valence-corrected chi connectivity index (χ0v) is 17.9. The first kappa shape index (κ1) is 19.8. The number of nitrogen functional groups attached to an aromatic ring is 1. The van der Waals surface area contributed by atoms with Crippen molar-refractivity contribution in [2.24, 2.45) is 0 Å². The Balaban J connectivity index is 1.62. The van der Waals surface area contributed by atoms with E-state index in [1.54, 1.807) is 38.8 Å². The van der Waals surface area contributed by atoms with Crippen LogP contribution >= 0.6 is 11.6 Å². The molecule has 3 aromatic rings. The van der Waals surface area contributed by atoms with Crippen molar-refractivity contribution >= 4 is 29.0 Å². The monoisotopic (exact) mass is 437 g/mol. The van der Waals surface area contributed by atoms with Gasteiger partial charge in [0.05, 0.1) is 10.6 Å². The minimum absolute atomic E-state index is 0.0864. The van der Waals surface area contributed by atoms with Gasteiger partial charge in [0, 0.05) is 67.0 Å². The number of pyridine rings is 2. The molecule has 0 saturated heterocycles. The van der Waals surface area contributed by atoms with Gasteiger partial charge < -0.3 is 16.0 Å². The van der Waals surface area contributed by atoms with E-state index < -0.39 is 11.7 Å². The van der Waals surface area contributed by atoms with E-state index in [2.05, 4.69) is 15.3 Å². The first-order valence-electron chi connectivity index (χ1n) is 9.98.